The Morgan fingerprint density at radius 2 is 1.63 bits per heavy atom. The molecular formula is C22H30N4O. The zero-order valence-corrected chi connectivity index (χ0v) is 17.5. The molecule has 0 aliphatic carbocycles. The topological polar surface area (TPSA) is 81.6 Å². The molecule has 1 N–H and O–H groups in total. The van der Waals surface area contributed by atoms with Gasteiger partial charge >= 0.3 is 0 Å². The molecule has 0 amide bonds. The van der Waals surface area contributed by atoms with Crippen LogP contribution in [0.2, 0.25) is 0 Å². The van der Waals surface area contributed by atoms with Gasteiger partial charge in [-0.15, -0.1) is 0 Å². The molecule has 0 radical (unpaired) electrons. The Morgan fingerprint density at radius 3 is 2.15 bits per heavy atom. The Bertz CT molecular complexity index is 861. The maximum Gasteiger partial charge on any atom is 0.187 e. The molecule has 1 unspecified atom stereocenters. The molecule has 5 nitrogen and oxygen atoms in total. The summed E-state index contributed by atoms with van der Waals surface area (Å²) in [6, 6.07) is 2.34. The molecule has 0 saturated carbocycles. The molecule has 0 aromatic rings. The van der Waals surface area contributed by atoms with Crippen LogP contribution in [-0.2, 0) is 4.74 Å². The van der Waals surface area contributed by atoms with Crippen LogP contribution in [0, 0.1) is 33.0 Å². The van der Waals surface area contributed by atoms with Crippen LogP contribution in [0.3, 0.4) is 0 Å². The molecule has 27 heavy (non-hydrogen) atoms. The lowest BCUT2D eigenvalue weighted by Crippen LogP contribution is -2.23. The van der Waals surface area contributed by atoms with Crippen molar-refractivity contribution in [3.63, 3.8) is 0 Å². The van der Waals surface area contributed by atoms with E-state index in [1.54, 1.807) is 0 Å². The number of hydrogen-bond donors (Lipinski definition) is 1. The number of nitrogens with one attached hydrogen (secondary N) is 1. The van der Waals surface area contributed by atoms with Crippen LogP contribution in [-0.4, -0.2) is 22.9 Å². The van der Waals surface area contributed by atoms with Gasteiger partial charge in [-0.05, 0) is 25.5 Å². The molecule has 3 heterocycles. The van der Waals surface area contributed by atoms with Crippen LogP contribution < -0.4 is 0 Å². The standard InChI is InChI=1S/C22H30N4O/c1-19(2)10-14(8-16-21(5,6)12-22(7,13-23)26-16)25-15(19)9-17-20(3,4)11-18(24)27-17/h8-9,24H,10-12H2,1-7H3/b14-8-,17-9+,24-18?. The zero-order chi connectivity index (χ0) is 20.3. The van der Waals surface area contributed by atoms with Crippen molar-refractivity contribution >= 4 is 17.3 Å². The highest BCUT2D eigenvalue weighted by atomic mass is 16.5. The van der Waals surface area contributed by atoms with Gasteiger partial charge in [-0.25, -0.2) is 0 Å². The van der Waals surface area contributed by atoms with E-state index < -0.39 is 5.54 Å². The highest BCUT2D eigenvalue weighted by Crippen LogP contribution is 2.43. The largest absolute Gasteiger partial charge is 0.447 e. The van der Waals surface area contributed by atoms with E-state index in [2.05, 4.69) is 53.7 Å². The third kappa shape index (κ3) is 3.63. The van der Waals surface area contributed by atoms with E-state index in [0.29, 0.717) is 12.3 Å². The second-order valence-electron chi connectivity index (χ2n) is 10.2. The number of hydrogen-bond acceptors (Lipinski definition) is 5. The summed E-state index contributed by atoms with van der Waals surface area (Å²) in [6.07, 6.45) is 6.25. The average Bonchev–Trinajstić information content (AvgIpc) is 3.01. The fourth-order valence-electron chi connectivity index (χ4n) is 4.20. The first kappa shape index (κ1) is 19.5. The second kappa shape index (κ2) is 5.89. The molecule has 5 heteroatoms. The number of allylic oxidation sites excluding steroid dienone is 4. The molecular weight excluding hydrogens is 336 g/mol. The Balaban J connectivity index is 1.96. The monoisotopic (exact) mass is 366 g/mol. The second-order valence-corrected chi connectivity index (χ2v) is 10.2. The van der Waals surface area contributed by atoms with E-state index in [4.69, 9.17) is 20.1 Å². The minimum absolute atomic E-state index is 0.106. The Hall–Kier alpha value is -2.22. The third-order valence-corrected chi connectivity index (χ3v) is 5.74. The molecule has 0 spiro atoms. The molecule has 144 valence electrons. The molecule has 1 saturated heterocycles. The minimum atomic E-state index is -0.652. The van der Waals surface area contributed by atoms with E-state index in [1.807, 2.05) is 13.0 Å². The third-order valence-electron chi connectivity index (χ3n) is 5.74. The summed E-state index contributed by atoms with van der Waals surface area (Å²) in [5.41, 5.74) is 1.86. The van der Waals surface area contributed by atoms with Gasteiger partial charge in [-0.2, -0.15) is 5.26 Å². The van der Waals surface area contributed by atoms with Gasteiger partial charge in [0.15, 0.2) is 5.90 Å². The summed E-state index contributed by atoms with van der Waals surface area (Å²) in [7, 11) is 0. The number of ether oxygens (including phenoxy) is 1. The van der Waals surface area contributed by atoms with Crippen molar-refractivity contribution in [2.24, 2.45) is 26.2 Å². The van der Waals surface area contributed by atoms with Crippen LogP contribution in [0.15, 0.2) is 33.6 Å². The molecule has 0 aromatic heterocycles. The van der Waals surface area contributed by atoms with Crippen molar-refractivity contribution in [3.05, 3.63) is 23.6 Å². The van der Waals surface area contributed by atoms with Gasteiger partial charge in [0.2, 0.25) is 0 Å². The normalized spacial score (nSPS) is 33.8. The van der Waals surface area contributed by atoms with E-state index >= 15 is 0 Å². The highest BCUT2D eigenvalue weighted by Gasteiger charge is 2.43. The van der Waals surface area contributed by atoms with Gasteiger partial charge in [0, 0.05) is 40.5 Å². The van der Waals surface area contributed by atoms with Crippen LogP contribution in [0.25, 0.3) is 0 Å². The lowest BCUT2D eigenvalue weighted by molar-refractivity contribution is 0.344. The molecule has 1 fully saturated rings. The first-order valence-electron chi connectivity index (χ1n) is 9.55. The summed E-state index contributed by atoms with van der Waals surface area (Å²) in [5.74, 6) is 1.13. The van der Waals surface area contributed by atoms with Gasteiger partial charge in [0.05, 0.1) is 11.8 Å². The first-order chi connectivity index (χ1) is 12.3. The number of aliphatic imine (C=N–C) groups is 2. The van der Waals surface area contributed by atoms with Gasteiger partial charge in [0.25, 0.3) is 0 Å². The van der Waals surface area contributed by atoms with Crippen molar-refractivity contribution in [3.8, 4) is 6.07 Å². The Morgan fingerprint density at radius 1 is 0.963 bits per heavy atom. The minimum Gasteiger partial charge on any atom is -0.447 e. The summed E-state index contributed by atoms with van der Waals surface area (Å²) in [6.45, 7) is 14.7. The predicted octanol–water partition coefficient (Wildman–Crippen LogP) is 5.20. The van der Waals surface area contributed by atoms with Crippen LogP contribution in [0.5, 0.6) is 0 Å². The SMILES string of the molecule is CC1(C#N)CC(C)(C)C(/C=C2/CC(C)(C)C(/C=C3/OC(=N)CC3(C)C)=N2)=N1. The molecule has 3 aliphatic rings. The summed E-state index contributed by atoms with van der Waals surface area (Å²) in [5, 5.41) is 17.3. The average molecular weight is 367 g/mol. The zero-order valence-electron chi connectivity index (χ0n) is 17.5. The summed E-state index contributed by atoms with van der Waals surface area (Å²) >= 11 is 0. The highest BCUT2D eigenvalue weighted by molar-refractivity contribution is 6.05. The Kier molecular flexibility index (Phi) is 4.26. The molecule has 1 atom stereocenters. The van der Waals surface area contributed by atoms with E-state index in [-0.39, 0.29) is 16.2 Å². The van der Waals surface area contributed by atoms with Crippen LogP contribution >= 0.6 is 0 Å². The van der Waals surface area contributed by atoms with Crippen molar-refractivity contribution in [2.45, 2.75) is 73.3 Å². The van der Waals surface area contributed by atoms with Crippen molar-refractivity contribution in [1.82, 2.24) is 0 Å². The van der Waals surface area contributed by atoms with Crippen molar-refractivity contribution < 1.29 is 4.74 Å². The number of nitriles is 1. The Labute approximate surface area is 162 Å². The fourth-order valence-corrected chi connectivity index (χ4v) is 4.20. The van der Waals surface area contributed by atoms with Crippen molar-refractivity contribution in [1.29, 1.82) is 10.7 Å². The lowest BCUT2D eigenvalue weighted by Gasteiger charge is -2.21. The first-order valence-corrected chi connectivity index (χ1v) is 9.55. The maximum absolute atomic E-state index is 9.45. The summed E-state index contributed by atoms with van der Waals surface area (Å²) in [4.78, 5) is 9.59. The van der Waals surface area contributed by atoms with Gasteiger partial charge < -0.3 is 4.74 Å². The van der Waals surface area contributed by atoms with E-state index in [9.17, 15) is 5.26 Å². The molecule has 3 rings (SSSR count). The lowest BCUT2D eigenvalue weighted by atomic mass is 9.80. The number of rotatable bonds is 2. The quantitative estimate of drug-likeness (QED) is 0.728. The smallest absolute Gasteiger partial charge is 0.187 e. The van der Waals surface area contributed by atoms with Crippen molar-refractivity contribution in [2.75, 3.05) is 0 Å². The summed E-state index contributed by atoms with van der Waals surface area (Å²) < 4.78 is 5.66. The van der Waals surface area contributed by atoms with Gasteiger partial charge in [0.1, 0.15) is 11.3 Å². The predicted molar refractivity (Wildman–Crippen MR) is 109 cm³/mol. The molecule has 0 bridgehead atoms. The van der Waals surface area contributed by atoms with E-state index in [1.165, 1.54) is 0 Å². The van der Waals surface area contributed by atoms with Gasteiger partial charge in [-0.3, -0.25) is 15.4 Å². The number of nitrogens with zero attached hydrogens (tertiary/aromatic N) is 3. The van der Waals surface area contributed by atoms with Crippen LogP contribution in [0.4, 0.5) is 0 Å². The fraction of sp³-hybridized carbons (Fsp3) is 0.636. The molecule has 3 aliphatic heterocycles. The van der Waals surface area contributed by atoms with Gasteiger partial charge in [-0.1, -0.05) is 41.5 Å². The van der Waals surface area contributed by atoms with E-state index in [0.717, 1.165) is 35.7 Å². The molecule has 0 aromatic carbocycles. The maximum atomic E-state index is 9.45. The van der Waals surface area contributed by atoms with Crippen LogP contribution in [0.1, 0.15) is 67.7 Å².